The Morgan fingerprint density at radius 1 is 1.40 bits per heavy atom. The van der Waals surface area contributed by atoms with Crippen molar-refractivity contribution in [1.29, 1.82) is 0 Å². The van der Waals surface area contributed by atoms with Gasteiger partial charge in [-0.3, -0.25) is 9.59 Å². The number of esters is 1. The summed E-state index contributed by atoms with van der Waals surface area (Å²) in [5.74, 6) is -0.498. The number of fused-ring (bicyclic) bond motifs is 1. The molecule has 4 nitrogen and oxygen atoms in total. The molecule has 5 heteroatoms. The molecule has 0 aliphatic heterocycles. The fourth-order valence-electron chi connectivity index (χ4n) is 3.89. The van der Waals surface area contributed by atoms with Gasteiger partial charge in [-0.25, -0.2) is 0 Å². The summed E-state index contributed by atoms with van der Waals surface area (Å²) in [6.07, 6.45) is 0.633. The summed E-state index contributed by atoms with van der Waals surface area (Å²) in [6.45, 7) is 8.33. The summed E-state index contributed by atoms with van der Waals surface area (Å²) < 4.78 is 4.87. The van der Waals surface area contributed by atoms with Gasteiger partial charge in [0.25, 0.3) is 0 Å². The van der Waals surface area contributed by atoms with Crippen molar-refractivity contribution in [1.82, 2.24) is 0 Å². The van der Waals surface area contributed by atoms with Crippen molar-refractivity contribution in [3.8, 4) is 0 Å². The first-order valence-electron chi connectivity index (χ1n) is 7.21. The van der Waals surface area contributed by atoms with E-state index in [2.05, 4.69) is 19.6 Å². The Labute approximate surface area is 121 Å². The van der Waals surface area contributed by atoms with Gasteiger partial charge in [-0.2, -0.15) is 0 Å². The van der Waals surface area contributed by atoms with Crippen molar-refractivity contribution in [2.24, 2.45) is 23.7 Å². The predicted octanol–water partition coefficient (Wildman–Crippen LogP) is 1.80. The SMILES string of the molecule is COC(=O)[C@@H]1C[C@H]2C(=C([Si](C)(C)C)C(=O)[C@H]2C)[C@H]1CO. The van der Waals surface area contributed by atoms with Crippen LogP contribution in [0, 0.1) is 23.7 Å². The van der Waals surface area contributed by atoms with Gasteiger partial charge >= 0.3 is 5.97 Å². The van der Waals surface area contributed by atoms with E-state index >= 15 is 0 Å². The van der Waals surface area contributed by atoms with E-state index in [-0.39, 0.29) is 42.0 Å². The zero-order chi connectivity index (χ0) is 15.2. The molecular formula is C15H24O4Si. The second-order valence-corrected chi connectivity index (χ2v) is 12.0. The van der Waals surface area contributed by atoms with Gasteiger partial charge in [-0.1, -0.05) is 32.1 Å². The Hall–Kier alpha value is -0.943. The van der Waals surface area contributed by atoms with Gasteiger partial charge in [0, 0.05) is 11.8 Å². The minimum atomic E-state index is -1.78. The minimum absolute atomic E-state index is 0.0598. The Morgan fingerprint density at radius 3 is 2.45 bits per heavy atom. The van der Waals surface area contributed by atoms with E-state index in [0.717, 1.165) is 10.8 Å². The number of carbonyl (C=O) groups is 2. The van der Waals surface area contributed by atoms with Crippen LogP contribution in [0.5, 0.6) is 0 Å². The zero-order valence-corrected chi connectivity index (χ0v) is 13.9. The molecule has 0 saturated heterocycles. The number of allylic oxidation sites excluding steroid dienone is 1. The molecule has 1 N–H and O–H groups in total. The maximum absolute atomic E-state index is 12.6. The third kappa shape index (κ3) is 2.17. The maximum Gasteiger partial charge on any atom is 0.309 e. The molecule has 20 heavy (non-hydrogen) atoms. The Kier molecular flexibility index (Phi) is 3.95. The Morgan fingerprint density at radius 2 is 2.00 bits per heavy atom. The van der Waals surface area contributed by atoms with Crippen molar-refractivity contribution < 1.29 is 19.4 Å². The number of hydrogen-bond acceptors (Lipinski definition) is 4. The first-order valence-corrected chi connectivity index (χ1v) is 10.7. The highest BCUT2D eigenvalue weighted by atomic mass is 28.3. The normalized spacial score (nSPS) is 33.6. The predicted molar refractivity (Wildman–Crippen MR) is 78.7 cm³/mol. The van der Waals surface area contributed by atoms with E-state index in [0.29, 0.717) is 6.42 Å². The van der Waals surface area contributed by atoms with Gasteiger partial charge in [-0.05, 0) is 17.5 Å². The molecule has 0 unspecified atom stereocenters. The molecule has 1 fully saturated rings. The van der Waals surface area contributed by atoms with Crippen LogP contribution in [0.1, 0.15) is 13.3 Å². The smallest absolute Gasteiger partial charge is 0.309 e. The van der Waals surface area contributed by atoms with E-state index < -0.39 is 8.07 Å². The van der Waals surface area contributed by atoms with Crippen LogP contribution in [0.25, 0.3) is 0 Å². The van der Waals surface area contributed by atoms with Gasteiger partial charge in [0.15, 0.2) is 5.78 Å². The van der Waals surface area contributed by atoms with Gasteiger partial charge in [0.05, 0.1) is 27.7 Å². The van der Waals surface area contributed by atoms with Gasteiger partial charge < -0.3 is 9.84 Å². The topological polar surface area (TPSA) is 63.6 Å². The third-order valence-corrected chi connectivity index (χ3v) is 6.83. The zero-order valence-electron chi connectivity index (χ0n) is 12.9. The summed E-state index contributed by atoms with van der Waals surface area (Å²) in [7, 11) is -0.398. The number of ketones is 1. The first kappa shape index (κ1) is 15.4. The fraction of sp³-hybridized carbons (Fsp3) is 0.733. The molecular weight excluding hydrogens is 272 g/mol. The number of aliphatic hydroxyl groups excluding tert-OH is 1. The summed E-state index contributed by atoms with van der Waals surface area (Å²) in [5.41, 5.74) is 1.07. The summed E-state index contributed by atoms with van der Waals surface area (Å²) in [5, 5.41) is 10.7. The lowest BCUT2D eigenvalue weighted by Gasteiger charge is -2.23. The molecule has 2 aliphatic rings. The highest BCUT2D eigenvalue weighted by Gasteiger charge is 2.53. The average molecular weight is 296 g/mol. The Balaban J connectivity index is 2.52. The molecule has 112 valence electrons. The lowest BCUT2D eigenvalue weighted by atomic mass is 9.92. The summed E-state index contributed by atoms with van der Waals surface area (Å²) in [6, 6.07) is 0. The number of hydrogen-bond donors (Lipinski definition) is 1. The number of methoxy groups -OCH3 is 1. The van der Waals surface area contributed by atoms with Crippen LogP contribution in [0.2, 0.25) is 19.6 Å². The lowest BCUT2D eigenvalue weighted by molar-refractivity contribution is -0.147. The largest absolute Gasteiger partial charge is 0.469 e. The van der Waals surface area contributed by atoms with E-state index in [1.807, 2.05) is 6.92 Å². The highest BCUT2D eigenvalue weighted by molar-refractivity contribution is 6.87. The van der Waals surface area contributed by atoms with Crippen LogP contribution in [-0.2, 0) is 14.3 Å². The molecule has 0 aromatic rings. The number of aliphatic hydroxyl groups is 1. The minimum Gasteiger partial charge on any atom is -0.469 e. The van der Waals surface area contributed by atoms with E-state index in [1.165, 1.54) is 7.11 Å². The monoisotopic (exact) mass is 296 g/mol. The van der Waals surface area contributed by atoms with Gasteiger partial charge in [0.2, 0.25) is 0 Å². The first-order chi connectivity index (χ1) is 9.23. The molecule has 2 rings (SSSR count). The Bertz CT molecular complexity index is 475. The van der Waals surface area contributed by atoms with Crippen molar-refractivity contribution >= 4 is 19.8 Å². The van der Waals surface area contributed by atoms with Crippen LogP contribution >= 0.6 is 0 Å². The van der Waals surface area contributed by atoms with Crippen molar-refractivity contribution in [2.75, 3.05) is 13.7 Å². The quantitative estimate of drug-likeness (QED) is 0.637. The number of ether oxygens (including phenoxy) is 1. The van der Waals surface area contributed by atoms with Crippen molar-refractivity contribution in [3.05, 3.63) is 10.8 Å². The molecule has 0 amide bonds. The van der Waals surface area contributed by atoms with E-state index in [4.69, 9.17) is 4.74 Å². The molecule has 2 aliphatic carbocycles. The van der Waals surface area contributed by atoms with Crippen LogP contribution in [0.3, 0.4) is 0 Å². The van der Waals surface area contributed by atoms with E-state index in [1.54, 1.807) is 0 Å². The molecule has 0 aromatic carbocycles. The standard InChI is InChI=1S/C15H24O4Si/c1-8-9-6-10(15(18)19-2)11(7-16)12(9)14(13(8)17)20(3,4)5/h8-11,16H,6-7H2,1-5H3/t8-,9+,10+,11-/m0/s1. The molecule has 0 heterocycles. The fourth-order valence-corrected chi connectivity index (χ4v) is 6.10. The van der Waals surface area contributed by atoms with Crippen LogP contribution in [0.15, 0.2) is 10.8 Å². The second-order valence-electron chi connectivity index (χ2n) is 6.99. The molecule has 0 aromatic heterocycles. The van der Waals surface area contributed by atoms with Gasteiger partial charge in [0.1, 0.15) is 0 Å². The highest BCUT2D eigenvalue weighted by Crippen LogP contribution is 2.53. The van der Waals surface area contributed by atoms with Gasteiger partial charge in [-0.15, -0.1) is 0 Å². The van der Waals surface area contributed by atoms with E-state index in [9.17, 15) is 14.7 Å². The molecule has 0 bridgehead atoms. The van der Waals surface area contributed by atoms with Crippen LogP contribution in [0.4, 0.5) is 0 Å². The number of rotatable bonds is 3. The second kappa shape index (κ2) is 5.11. The summed E-state index contributed by atoms with van der Waals surface area (Å²) >= 11 is 0. The van der Waals surface area contributed by atoms with Crippen molar-refractivity contribution in [3.63, 3.8) is 0 Å². The van der Waals surface area contributed by atoms with Crippen LogP contribution < -0.4 is 0 Å². The molecule has 1 saturated carbocycles. The maximum atomic E-state index is 12.6. The lowest BCUT2D eigenvalue weighted by Crippen LogP contribution is -2.33. The van der Waals surface area contributed by atoms with Crippen molar-refractivity contribution in [2.45, 2.75) is 33.0 Å². The molecule has 0 spiro atoms. The van der Waals surface area contributed by atoms with Crippen LogP contribution in [-0.4, -0.2) is 38.6 Å². The molecule has 4 atom stereocenters. The molecule has 0 radical (unpaired) electrons. The number of carbonyl (C=O) groups excluding carboxylic acids is 2. The summed E-state index contributed by atoms with van der Waals surface area (Å²) in [4.78, 5) is 24.5. The third-order valence-electron chi connectivity index (χ3n) is 4.80. The average Bonchev–Trinajstić information content (AvgIpc) is 2.84. The number of Topliss-reactive ketones (excluding diaryl/α,β-unsaturated/α-hetero) is 1.